The van der Waals surface area contributed by atoms with Crippen molar-refractivity contribution in [3.8, 4) is 0 Å². The van der Waals surface area contributed by atoms with Crippen LogP contribution in [0.2, 0.25) is 0 Å². The van der Waals surface area contributed by atoms with Crippen LogP contribution < -0.4 is 11.1 Å². The van der Waals surface area contributed by atoms with E-state index < -0.39 is 9.84 Å². The van der Waals surface area contributed by atoms with Crippen LogP contribution in [-0.2, 0) is 16.4 Å². The first kappa shape index (κ1) is 16.1. The largest absolute Gasteiger partial charge is 0.330 e. The maximum Gasteiger partial charge on any atom is 0.175 e. The third-order valence-corrected chi connectivity index (χ3v) is 4.45. The average molecular weight is 284 g/mol. The highest BCUT2D eigenvalue weighted by Crippen LogP contribution is 2.10. The van der Waals surface area contributed by atoms with E-state index in [0.29, 0.717) is 10.8 Å². The lowest BCUT2D eigenvalue weighted by Crippen LogP contribution is -2.21. The second-order valence-corrected chi connectivity index (χ2v) is 6.91. The highest BCUT2D eigenvalue weighted by molar-refractivity contribution is 7.90. The van der Waals surface area contributed by atoms with Gasteiger partial charge in [-0.3, -0.25) is 0 Å². The molecule has 0 aliphatic heterocycles. The van der Waals surface area contributed by atoms with Gasteiger partial charge < -0.3 is 11.1 Å². The topological polar surface area (TPSA) is 72.2 Å². The number of nitrogens with one attached hydrogen (secondary N) is 1. The van der Waals surface area contributed by atoms with Gasteiger partial charge in [0.15, 0.2) is 9.84 Å². The quantitative estimate of drug-likeness (QED) is 0.711. The molecule has 1 unspecified atom stereocenters. The molecule has 0 saturated heterocycles. The van der Waals surface area contributed by atoms with E-state index in [9.17, 15) is 8.42 Å². The van der Waals surface area contributed by atoms with Crippen molar-refractivity contribution >= 4 is 9.84 Å². The molecule has 1 aromatic carbocycles. The Labute approximate surface area is 116 Å². The van der Waals surface area contributed by atoms with E-state index in [4.69, 9.17) is 5.73 Å². The van der Waals surface area contributed by atoms with E-state index >= 15 is 0 Å². The van der Waals surface area contributed by atoms with Gasteiger partial charge in [-0.15, -0.1) is 0 Å². The third kappa shape index (κ3) is 5.72. The summed E-state index contributed by atoms with van der Waals surface area (Å²) in [6.07, 6.45) is 3.41. The molecule has 3 N–H and O–H groups in total. The molecule has 0 bridgehead atoms. The van der Waals surface area contributed by atoms with E-state index in [-0.39, 0.29) is 0 Å². The average Bonchev–Trinajstić information content (AvgIpc) is 2.38. The summed E-state index contributed by atoms with van der Waals surface area (Å²) in [5.41, 5.74) is 6.74. The number of hydrogen-bond donors (Lipinski definition) is 2. The normalized spacial score (nSPS) is 13.4. The van der Waals surface area contributed by atoms with Crippen molar-refractivity contribution < 1.29 is 8.42 Å². The molecule has 0 heterocycles. The number of hydrogen-bond acceptors (Lipinski definition) is 4. The van der Waals surface area contributed by atoms with Gasteiger partial charge in [0.1, 0.15) is 0 Å². The molecule has 19 heavy (non-hydrogen) atoms. The van der Waals surface area contributed by atoms with E-state index in [1.54, 1.807) is 12.1 Å². The van der Waals surface area contributed by atoms with Crippen LogP contribution in [0.3, 0.4) is 0 Å². The predicted octanol–water partition coefficient (Wildman–Crippen LogP) is 1.55. The highest BCUT2D eigenvalue weighted by Gasteiger charge is 2.06. The zero-order chi connectivity index (χ0) is 14.3. The third-order valence-electron chi connectivity index (χ3n) is 3.32. The van der Waals surface area contributed by atoms with E-state index in [2.05, 4.69) is 12.2 Å². The van der Waals surface area contributed by atoms with Gasteiger partial charge in [-0.25, -0.2) is 8.42 Å². The van der Waals surface area contributed by atoms with Gasteiger partial charge in [-0.1, -0.05) is 25.5 Å². The molecule has 0 aliphatic rings. The highest BCUT2D eigenvalue weighted by atomic mass is 32.2. The van der Waals surface area contributed by atoms with Gasteiger partial charge in [-0.2, -0.15) is 0 Å². The molecule has 0 amide bonds. The zero-order valence-corrected chi connectivity index (χ0v) is 12.5. The Hall–Kier alpha value is -0.910. The van der Waals surface area contributed by atoms with Crippen molar-refractivity contribution in [2.45, 2.75) is 31.2 Å². The molecule has 0 aromatic heterocycles. The van der Waals surface area contributed by atoms with Crippen molar-refractivity contribution in [1.82, 2.24) is 5.32 Å². The standard InChI is InChI=1S/C14H24N2O2S/c1-3-12(10-15)8-9-16-11-13-4-6-14(7-5-13)19(2,17)18/h4-7,12,16H,3,8-11,15H2,1-2H3. The van der Waals surface area contributed by atoms with Crippen LogP contribution in [0.5, 0.6) is 0 Å². The van der Waals surface area contributed by atoms with Gasteiger partial charge in [0.2, 0.25) is 0 Å². The fourth-order valence-electron chi connectivity index (χ4n) is 1.88. The number of benzene rings is 1. The molecular formula is C14H24N2O2S. The minimum absolute atomic E-state index is 0.366. The van der Waals surface area contributed by atoms with Crippen molar-refractivity contribution in [2.24, 2.45) is 11.7 Å². The van der Waals surface area contributed by atoms with E-state index in [1.165, 1.54) is 6.26 Å². The fourth-order valence-corrected chi connectivity index (χ4v) is 2.51. The molecule has 5 heteroatoms. The summed E-state index contributed by atoms with van der Waals surface area (Å²) >= 11 is 0. The van der Waals surface area contributed by atoms with Crippen molar-refractivity contribution in [3.63, 3.8) is 0 Å². The Morgan fingerprint density at radius 3 is 2.37 bits per heavy atom. The van der Waals surface area contributed by atoms with Crippen LogP contribution in [0, 0.1) is 5.92 Å². The molecular weight excluding hydrogens is 260 g/mol. The zero-order valence-electron chi connectivity index (χ0n) is 11.7. The summed E-state index contributed by atoms with van der Waals surface area (Å²) in [5.74, 6) is 0.583. The van der Waals surface area contributed by atoms with Crippen LogP contribution >= 0.6 is 0 Å². The summed E-state index contributed by atoms with van der Waals surface area (Å²) in [7, 11) is -3.10. The van der Waals surface area contributed by atoms with Gasteiger partial charge in [-0.05, 0) is 43.1 Å². The number of rotatable bonds is 8. The van der Waals surface area contributed by atoms with E-state index in [0.717, 1.165) is 38.0 Å². The molecule has 0 fully saturated rings. The summed E-state index contributed by atoms with van der Waals surface area (Å²) < 4.78 is 22.6. The number of nitrogens with two attached hydrogens (primary N) is 1. The van der Waals surface area contributed by atoms with Gasteiger partial charge in [0.25, 0.3) is 0 Å². The van der Waals surface area contributed by atoms with Crippen LogP contribution in [0.15, 0.2) is 29.2 Å². The maximum atomic E-state index is 11.3. The minimum Gasteiger partial charge on any atom is -0.330 e. The second kappa shape index (κ2) is 7.62. The first-order chi connectivity index (χ1) is 8.97. The molecule has 0 saturated carbocycles. The Kier molecular flexibility index (Phi) is 6.48. The summed E-state index contributed by atoms with van der Waals surface area (Å²) in [6, 6.07) is 7.01. The molecule has 4 nitrogen and oxygen atoms in total. The Morgan fingerprint density at radius 1 is 1.26 bits per heavy atom. The van der Waals surface area contributed by atoms with E-state index in [1.807, 2.05) is 12.1 Å². The van der Waals surface area contributed by atoms with Crippen molar-refractivity contribution in [2.75, 3.05) is 19.3 Å². The molecule has 1 rings (SSSR count). The first-order valence-electron chi connectivity index (χ1n) is 6.67. The smallest absolute Gasteiger partial charge is 0.175 e. The fraction of sp³-hybridized carbons (Fsp3) is 0.571. The summed E-state index contributed by atoms with van der Waals surface area (Å²) in [4.78, 5) is 0.366. The van der Waals surface area contributed by atoms with Gasteiger partial charge in [0, 0.05) is 12.8 Å². The van der Waals surface area contributed by atoms with Gasteiger partial charge >= 0.3 is 0 Å². The van der Waals surface area contributed by atoms with Gasteiger partial charge in [0.05, 0.1) is 4.90 Å². The lowest BCUT2D eigenvalue weighted by Gasteiger charge is -2.12. The molecule has 1 aromatic rings. The number of sulfone groups is 1. The van der Waals surface area contributed by atoms with Crippen LogP contribution in [0.25, 0.3) is 0 Å². The SMILES string of the molecule is CCC(CN)CCNCc1ccc(S(C)(=O)=O)cc1. The molecule has 0 spiro atoms. The monoisotopic (exact) mass is 284 g/mol. The lowest BCUT2D eigenvalue weighted by atomic mass is 10.0. The van der Waals surface area contributed by atoms with Crippen LogP contribution in [0.1, 0.15) is 25.3 Å². The van der Waals surface area contributed by atoms with Crippen molar-refractivity contribution in [3.05, 3.63) is 29.8 Å². The summed E-state index contributed by atoms with van der Waals surface area (Å²) in [6.45, 7) is 4.58. The van der Waals surface area contributed by atoms with Crippen LogP contribution in [-0.4, -0.2) is 27.8 Å². The Bertz CT molecular complexity index is 465. The predicted molar refractivity (Wildman–Crippen MR) is 78.7 cm³/mol. The molecule has 1 atom stereocenters. The molecule has 0 aliphatic carbocycles. The summed E-state index contributed by atoms with van der Waals surface area (Å²) in [5, 5.41) is 3.35. The Morgan fingerprint density at radius 2 is 1.89 bits per heavy atom. The second-order valence-electron chi connectivity index (χ2n) is 4.89. The first-order valence-corrected chi connectivity index (χ1v) is 8.56. The lowest BCUT2D eigenvalue weighted by molar-refractivity contribution is 0.460. The maximum absolute atomic E-state index is 11.3. The van der Waals surface area contributed by atoms with Crippen molar-refractivity contribution in [1.29, 1.82) is 0 Å². The van der Waals surface area contributed by atoms with Crippen LogP contribution in [0.4, 0.5) is 0 Å². The molecule has 0 radical (unpaired) electrons. The minimum atomic E-state index is -3.10. The Balaban J connectivity index is 2.38. The molecule has 108 valence electrons.